The first-order valence-corrected chi connectivity index (χ1v) is 9.24. The van der Waals surface area contributed by atoms with Gasteiger partial charge in [-0.15, -0.1) is 0 Å². The third-order valence-electron chi connectivity index (χ3n) is 4.41. The van der Waals surface area contributed by atoms with Gasteiger partial charge in [-0.2, -0.15) is 0 Å². The monoisotopic (exact) mass is 315 g/mol. The van der Waals surface area contributed by atoms with Gasteiger partial charge in [-0.05, 0) is 36.0 Å². The molecule has 1 fully saturated rings. The van der Waals surface area contributed by atoms with Crippen LogP contribution in [0.1, 0.15) is 29.0 Å². The molecular formula is C18H21NO2S. The minimum Gasteiger partial charge on any atom is -0.212 e. The third kappa shape index (κ3) is 3.23. The molecule has 1 saturated heterocycles. The van der Waals surface area contributed by atoms with Crippen molar-refractivity contribution in [2.75, 3.05) is 13.1 Å². The van der Waals surface area contributed by atoms with Crippen LogP contribution in [0.2, 0.25) is 0 Å². The molecular weight excluding hydrogens is 294 g/mol. The van der Waals surface area contributed by atoms with Crippen LogP contribution in [0.4, 0.5) is 0 Å². The van der Waals surface area contributed by atoms with E-state index in [1.807, 2.05) is 49.4 Å². The van der Waals surface area contributed by atoms with Gasteiger partial charge < -0.3 is 0 Å². The number of nitrogens with zero attached hydrogens (tertiary/aromatic N) is 1. The van der Waals surface area contributed by atoms with Crippen LogP contribution in [0.15, 0.2) is 54.6 Å². The Kier molecular flexibility index (Phi) is 4.32. The van der Waals surface area contributed by atoms with E-state index in [1.165, 1.54) is 5.56 Å². The van der Waals surface area contributed by atoms with Crippen LogP contribution in [-0.2, 0) is 15.8 Å². The lowest BCUT2D eigenvalue weighted by atomic mass is 9.99. The van der Waals surface area contributed by atoms with E-state index >= 15 is 0 Å². The summed E-state index contributed by atoms with van der Waals surface area (Å²) >= 11 is 0. The molecule has 0 aliphatic carbocycles. The van der Waals surface area contributed by atoms with Gasteiger partial charge in [0.25, 0.3) is 0 Å². The van der Waals surface area contributed by atoms with Crippen molar-refractivity contribution in [1.29, 1.82) is 0 Å². The van der Waals surface area contributed by atoms with Gasteiger partial charge in [-0.1, -0.05) is 54.6 Å². The highest BCUT2D eigenvalue weighted by atomic mass is 32.2. The first-order chi connectivity index (χ1) is 10.6. The highest BCUT2D eigenvalue weighted by Gasteiger charge is 2.32. The van der Waals surface area contributed by atoms with E-state index in [0.29, 0.717) is 19.0 Å². The molecule has 1 aliphatic rings. The second-order valence-corrected chi connectivity index (χ2v) is 7.91. The minimum atomic E-state index is -3.24. The number of hydrogen-bond acceptors (Lipinski definition) is 2. The number of sulfonamides is 1. The molecule has 2 aromatic carbocycles. The highest BCUT2D eigenvalue weighted by molar-refractivity contribution is 7.88. The average molecular weight is 315 g/mol. The quantitative estimate of drug-likeness (QED) is 0.868. The van der Waals surface area contributed by atoms with Crippen molar-refractivity contribution in [2.24, 2.45) is 0 Å². The van der Waals surface area contributed by atoms with E-state index in [-0.39, 0.29) is 5.75 Å². The summed E-state index contributed by atoms with van der Waals surface area (Å²) in [5.41, 5.74) is 3.16. The summed E-state index contributed by atoms with van der Waals surface area (Å²) in [6.07, 6.45) is 0.900. The van der Waals surface area contributed by atoms with Crippen LogP contribution in [0.3, 0.4) is 0 Å². The van der Waals surface area contributed by atoms with Gasteiger partial charge in [0.15, 0.2) is 0 Å². The second-order valence-electron chi connectivity index (χ2n) is 5.94. The Bertz CT molecular complexity index is 741. The first-order valence-electron chi connectivity index (χ1n) is 7.63. The summed E-state index contributed by atoms with van der Waals surface area (Å²) in [7, 11) is -3.24. The molecule has 4 heteroatoms. The summed E-state index contributed by atoms with van der Waals surface area (Å²) in [6.45, 7) is 3.17. The SMILES string of the molecule is Cc1ccccc1CS(=O)(=O)N1CCC(c2ccccc2)C1. The fraction of sp³-hybridized carbons (Fsp3) is 0.333. The molecule has 0 N–H and O–H groups in total. The van der Waals surface area contributed by atoms with Gasteiger partial charge in [0.05, 0.1) is 5.75 Å². The molecule has 0 aromatic heterocycles. The molecule has 3 nitrogen and oxygen atoms in total. The van der Waals surface area contributed by atoms with E-state index in [2.05, 4.69) is 12.1 Å². The maximum Gasteiger partial charge on any atom is 0.218 e. The molecule has 0 radical (unpaired) electrons. The second kappa shape index (κ2) is 6.23. The Morgan fingerprint density at radius 3 is 2.45 bits per heavy atom. The number of benzene rings is 2. The molecule has 0 saturated carbocycles. The van der Waals surface area contributed by atoms with Gasteiger partial charge in [-0.3, -0.25) is 0 Å². The number of rotatable bonds is 4. The average Bonchev–Trinajstić information content (AvgIpc) is 3.01. The smallest absolute Gasteiger partial charge is 0.212 e. The largest absolute Gasteiger partial charge is 0.218 e. The van der Waals surface area contributed by atoms with Crippen molar-refractivity contribution in [1.82, 2.24) is 4.31 Å². The van der Waals surface area contributed by atoms with E-state index in [4.69, 9.17) is 0 Å². The lowest BCUT2D eigenvalue weighted by molar-refractivity contribution is 0.472. The lowest BCUT2D eigenvalue weighted by Gasteiger charge is -2.17. The Morgan fingerprint density at radius 2 is 1.73 bits per heavy atom. The summed E-state index contributed by atoms with van der Waals surface area (Å²) < 4.78 is 27.0. The molecule has 116 valence electrons. The van der Waals surface area contributed by atoms with Crippen LogP contribution >= 0.6 is 0 Å². The van der Waals surface area contributed by atoms with Crippen molar-refractivity contribution in [2.45, 2.75) is 25.0 Å². The highest BCUT2D eigenvalue weighted by Crippen LogP contribution is 2.29. The first kappa shape index (κ1) is 15.3. The van der Waals surface area contributed by atoms with E-state index in [9.17, 15) is 8.42 Å². The van der Waals surface area contributed by atoms with E-state index < -0.39 is 10.0 Å². The Hall–Kier alpha value is -1.65. The Morgan fingerprint density at radius 1 is 1.05 bits per heavy atom. The van der Waals surface area contributed by atoms with Crippen LogP contribution in [-0.4, -0.2) is 25.8 Å². The van der Waals surface area contributed by atoms with Crippen molar-refractivity contribution >= 4 is 10.0 Å². The Labute approximate surface area is 132 Å². The fourth-order valence-corrected chi connectivity index (χ4v) is 4.73. The van der Waals surface area contributed by atoms with Crippen LogP contribution < -0.4 is 0 Å². The third-order valence-corrected chi connectivity index (χ3v) is 6.21. The van der Waals surface area contributed by atoms with Crippen LogP contribution in [0, 0.1) is 6.92 Å². The summed E-state index contributed by atoms with van der Waals surface area (Å²) in [4.78, 5) is 0. The zero-order valence-electron chi connectivity index (χ0n) is 12.8. The predicted molar refractivity (Wildman–Crippen MR) is 89.2 cm³/mol. The van der Waals surface area contributed by atoms with Gasteiger partial charge in [0.1, 0.15) is 0 Å². The molecule has 1 aliphatic heterocycles. The van der Waals surface area contributed by atoms with Crippen molar-refractivity contribution < 1.29 is 8.42 Å². The molecule has 1 atom stereocenters. The van der Waals surface area contributed by atoms with Crippen LogP contribution in [0.25, 0.3) is 0 Å². The van der Waals surface area contributed by atoms with Gasteiger partial charge in [-0.25, -0.2) is 12.7 Å². The van der Waals surface area contributed by atoms with Crippen molar-refractivity contribution in [3.63, 3.8) is 0 Å². The van der Waals surface area contributed by atoms with E-state index in [0.717, 1.165) is 17.5 Å². The normalized spacial score (nSPS) is 19.4. The molecule has 0 bridgehead atoms. The zero-order chi connectivity index (χ0) is 15.6. The zero-order valence-corrected chi connectivity index (χ0v) is 13.6. The summed E-state index contributed by atoms with van der Waals surface area (Å²) in [6, 6.07) is 17.9. The van der Waals surface area contributed by atoms with Crippen molar-refractivity contribution in [3.8, 4) is 0 Å². The molecule has 0 spiro atoms. The number of hydrogen-bond donors (Lipinski definition) is 0. The van der Waals surface area contributed by atoms with Gasteiger partial charge in [0, 0.05) is 13.1 Å². The van der Waals surface area contributed by atoms with E-state index in [1.54, 1.807) is 4.31 Å². The topological polar surface area (TPSA) is 37.4 Å². The standard InChI is InChI=1S/C18H21NO2S/c1-15-7-5-6-10-18(15)14-22(20,21)19-12-11-17(13-19)16-8-3-2-4-9-16/h2-10,17H,11-14H2,1H3. The molecule has 1 heterocycles. The molecule has 2 aromatic rings. The van der Waals surface area contributed by atoms with Crippen LogP contribution in [0.5, 0.6) is 0 Å². The Balaban J connectivity index is 1.73. The molecule has 1 unspecified atom stereocenters. The molecule has 22 heavy (non-hydrogen) atoms. The van der Waals surface area contributed by atoms with Crippen molar-refractivity contribution in [3.05, 3.63) is 71.3 Å². The maximum atomic E-state index is 12.7. The lowest BCUT2D eigenvalue weighted by Crippen LogP contribution is -2.30. The minimum absolute atomic E-state index is 0.0984. The molecule has 3 rings (SSSR count). The fourth-order valence-electron chi connectivity index (χ4n) is 3.04. The number of aryl methyl sites for hydroxylation is 1. The van der Waals surface area contributed by atoms with Gasteiger partial charge >= 0.3 is 0 Å². The maximum absolute atomic E-state index is 12.7. The summed E-state index contributed by atoms with van der Waals surface area (Å²) in [5.74, 6) is 0.411. The summed E-state index contributed by atoms with van der Waals surface area (Å²) in [5, 5.41) is 0. The predicted octanol–water partition coefficient (Wildman–Crippen LogP) is 3.31. The van der Waals surface area contributed by atoms with Gasteiger partial charge in [0.2, 0.25) is 10.0 Å². The molecule has 0 amide bonds.